The van der Waals surface area contributed by atoms with Crippen molar-refractivity contribution in [1.29, 1.82) is 0 Å². The number of anilines is 2. The number of nitrogens with zero attached hydrogens (tertiary/aromatic N) is 3. The number of fused-ring (bicyclic) bond motifs is 1. The Bertz CT molecular complexity index is 922. The van der Waals surface area contributed by atoms with Crippen LogP contribution in [0.5, 0.6) is 0 Å². The molecule has 6 heteroatoms. The fraction of sp³-hybridized carbons (Fsp3) is 0.417. The van der Waals surface area contributed by atoms with Gasteiger partial charge in [-0.3, -0.25) is 9.79 Å². The van der Waals surface area contributed by atoms with Crippen molar-refractivity contribution in [3.63, 3.8) is 0 Å². The van der Waals surface area contributed by atoms with Crippen LogP contribution < -0.4 is 20.4 Å². The Morgan fingerprint density at radius 2 is 1.67 bits per heavy atom. The number of aliphatic imine (C=N–C) groups is 1. The Kier molecular flexibility index (Phi) is 6.21. The molecule has 0 spiro atoms. The molecule has 2 aliphatic heterocycles. The fourth-order valence-corrected chi connectivity index (χ4v) is 4.26. The van der Waals surface area contributed by atoms with Crippen LogP contribution in [0.4, 0.5) is 11.4 Å². The van der Waals surface area contributed by atoms with Gasteiger partial charge in [0.05, 0.1) is 0 Å². The van der Waals surface area contributed by atoms with Gasteiger partial charge in [-0.2, -0.15) is 0 Å². The molecule has 1 saturated heterocycles. The maximum absolute atomic E-state index is 11.9. The Balaban J connectivity index is 1.29. The van der Waals surface area contributed by atoms with Crippen molar-refractivity contribution >= 4 is 23.2 Å². The topological polar surface area (TPSA) is 60.0 Å². The van der Waals surface area contributed by atoms with E-state index in [4.69, 9.17) is 0 Å². The van der Waals surface area contributed by atoms with Crippen molar-refractivity contribution in [2.75, 3.05) is 37.0 Å². The van der Waals surface area contributed by atoms with Gasteiger partial charge in [0, 0.05) is 58.1 Å². The fourth-order valence-electron chi connectivity index (χ4n) is 4.26. The van der Waals surface area contributed by atoms with Crippen LogP contribution in [0.15, 0.2) is 47.5 Å². The largest absolute Gasteiger partial charge is 0.374 e. The summed E-state index contributed by atoms with van der Waals surface area (Å²) in [7, 11) is 3.95. The first kappa shape index (κ1) is 20.3. The normalized spacial score (nSPS) is 16.6. The van der Waals surface area contributed by atoms with Gasteiger partial charge in [-0.25, -0.2) is 0 Å². The van der Waals surface area contributed by atoms with Crippen LogP contribution >= 0.6 is 0 Å². The Morgan fingerprint density at radius 1 is 0.967 bits per heavy atom. The third-order valence-corrected chi connectivity index (χ3v) is 5.96. The number of nitrogens with one attached hydrogen (secondary N) is 2. The SMILES string of the molecule is CN=C(NCc1ccc(N2CCCC2=O)cc1)NCc1ccc2c(c1)CCCN2C. The van der Waals surface area contributed by atoms with Gasteiger partial charge >= 0.3 is 0 Å². The van der Waals surface area contributed by atoms with Crippen LogP contribution in [0.3, 0.4) is 0 Å². The van der Waals surface area contributed by atoms with Crippen molar-refractivity contribution in [1.82, 2.24) is 10.6 Å². The second-order valence-electron chi connectivity index (χ2n) is 8.08. The Hall–Kier alpha value is -3.02. The lowest BCUT2D eigenvalue weighted by atomic mass is 9.99. The maximum atomic E-state index is 11.9. The van der Waals surface area contributed by atoms with Gasteiger partial charge in [-0.05, 0) is 54.2 Å². The van der Waals surface area contributed by atoms with E-state index >= 15 is 0 Å². The van der Waals surface area contributed by atoms with E-state index in [1.54, 1.807) is 7.05 Å². The highest BCUT2D eigenvalue weighted by molar-refractivity contribution is 5.95. The van der Waals surface area contributed by atoms with E-state index in [2.05, 4.69) is 57.9 Å². The van der Waals surface area contributed by atoms with Crippen LogP contribution in [0.1, 0.15) is 36.0 Å². The van der Waals surface area contributed by atoms with Gasteiger partial charge in [0.25, 0.3) is 0 Å². The average Bonchev–Trinajstić information content (AvgIpc) is 3.20. The highest BCUT2D eigenvalue weighted by Crippen LogP contribution is 2.26. The molecule has 0 radical (unpaired) electrons. The van der Waals surface area contributed by atoms with Crippen molar-refractivity contribution in [2.24, 2.45) is 4.99 Å². The number of hydrogen-bond acceptors (Lipinski definition) is 3. The zero-order chi connectivity index (χ0) is 20.9. The molecule has 0 bridgehead atoms. The second kappa shape index (κ2) is 9.20. The van der Waals surface area contributed by atoms with Gasteiger partial charge in [-0.1, -0.05) is 24.3 Å². The first-order valence-electron chi connectivity index (χ1n) is 10.8. The Morgan fingerprint density at radius 3 is 2.37 bits per heavy atom. The van der Waals surface area contributed by atoms with E-state index in [0.717, 1.165) is 49.7 Å². The first-order valence-corrected chi connectivity index (χ1v) is 10.8. The zero-order valence-electron chi connectivity index (χ0n) is 17.9. The second-order valence-corrected chi connectivity index (χ2v) is 8.08. The summed E-state index contributed by atoms with van der Waals surface area (Å²) >= 11 is 0. The lowest BCUT2D eigenvalue weighted by molar-refractivity contribution is -0.117. The standard InChI is InChI=1S/C24H31N5O/c1-25-24(27-17-19-9-12-22-20(15-19)5-3-13-28(22)2)26-16-18-7-10-21(11-8-18)29-14-4-6-23(29)30/h7-12,15H,3-6,13-14,16-17H2,1-2H3,(H2,25,26,27). The molecule has 6 nitrogen and oxygen atoms in total. The summed E-state index contributed by atoms with van der Waals surface area (Å²) in [5.41, 5.74) is 6.20. The molecule has 2 aromatic rings. The number of hydrogen-bond donors (Lipinski definition) is 2. The summed E-state index contributed by atoms with van der Waals surface area (Å²) in [6, 6.07) is 14.9. The van der Waals surface area contributed by atoms with Gasteiger partial charge in [0.2, 0.25) is 5.91 Å². The lowest BCUT2D eigenvalue weighted by Crippen LogP contribution is -2.36. The molecule has 1 amide bonds. The van der Waals surface area contributed by atoms with Crippen molar-refractivity contribution in [3.05, 3.63) is 59.2 Å². The number of amides is 1. The van der Waals surface area contributed by atoms with Crippen LogP contribution in [0.2, 0.25) is 0 Å². The highest BCUT2D eigenvalue weighted by Gasteiger charge is 2.21. The molecule has 0 aliphatic carbocycles. The van der Waals surface area contributed by atoms with Gasteiger partial charge in [0.15, 0.2) is 5.96 Å². The van der Waals surface area contributed by atoms with E-state index in [9.17, 15) is 4.79 Å². The van der Waals surface area contributed by atoms with Crippen molar-refractivity contribution in [3.8, 4) is 0 Å². The van der Waals surface area contributed by atoms with Gasteiger partial charge < -0.3 is 20.4 Å². The van der Waals surface area contributed by atoms with Crippen LogP contribution in [0.25, 0.3) is 0 Å². The highest BCUT2D eigenvalue weighted by atomic mass is 16.2. The average molecular weight is 406 g/mol. The third kappa shape index (κ3) is 4.58. The molecule has 4 rings (SSSR count). The zero-order valence-corrected chi connectivity index (χ0v) is 17.9. The molecule has 2 aliphatic rings. The lowest BCUT2D eigenvalue weighted by Gasteiger charge is -2.28. The predicted molar refractivity (Wildman–Crippen MR) is 123 cm³/mol. The molecular weight excluding hydrogens is 374 g/mol. The molecule has 1 fully saturated rings. The summed E-state index contributed by atoms with van der Waals surface area (Å²) in [5, 5.41) is 6.78. The van der Waals surface area contributed by atoms with Crippen LogP contribution in [0, 0.1) is 0 Å². The van der Waals surface area contributed by atoms with Gasteiger partial charge in [-0.15, -0.1) is 0 Å². The van der Waals surface area contributed by atoms with Crippen molar-refractivity contribution in [2.45, 2.75) is 38.8 Å². The van der Waals surface area contributed by atoms with E-state index in [-0.39, 0.29) is 5.91 Å². The number of aryl methyl sites for hydroxylation is 1. The summed E-state index contributed by atoms with van der Waals surface area (Å²) < 4.78 is 0. The number of rotatable bonds is 5. The van der Waals surface area contributed by atoms with Crippen molar-refractivity contribution < 1.29 is 4.79 Å². The molecule has 0 unspecified atom stereocenters. The third-order valence-electron chi connectivity index (χ3n) is 5.96. The molecule has 0 aromatic heterocycles. The minimum absolute atomic E-state index is 0.222. The molecular formula is C24H31N5O. The van der Waals surface area contributed by atoms with E-state index in [1.165, 1.54) is 23.2 Å². The monoisotopic (exact) mass is 405 g/mol. The molecule has 2 N–H and O–H groups in total. The quantitative estimate of drug-likeness (QED) is 0.593. The molecule has 2 heterocycles. The van der Waals surface area contributed by atoms with E-state index in [1.807, 2.05) is 17.0 Å². The molecule has 0 saturated carbocycles. The molecule has 2 aromatic carbocycles. The summed E-state index contributed by atoms with van der Waals surface area (Å²) in [4.78, 5) is 20.4. The molecule has 158 valence electrons. The van der Waals surface area contributed by atoms with E-state index < -0.39 is 0 Å². The number of carbonyl (C=O) groups is 1. The molecule has 30 heavy (non-hydrogen) atoms. The van der Waals surface area contributed by atoms with E-state index in [0.29, 0.717) is 13.0 Å². The maximum Gasteiger partial charge on any atom is 0.227 e. The molecule has 0 atom stereocenters. The van der Waals surface area contributed by atoms with Gasteiger partial charge in [0.1, 0.15) is 0 Å². The Labute approximate surface area is 179 Å². The number of benzene rings is 2. The summed E-state index contributed by atoms with van der Waals surface area (Å²) in [6.45, 7) is 3.39. The minimum Gasteiger partial charge on any atom is -0.374 e. The summed E-state index contributed by atoms with van der Waals surface area (Å²) in [6.07, 6.45) is 3.98. The predicted octanol–water partition coefficient (Wildman–Crippen LogP) is 3.06. The van der Waals surface area contributed by atoms with Crippen LogP contribution in [-0.2, 0) is 24.3 Å². The number of carbonyl (C=O) groups excluding carboxylic acids is 1. The van der Waals surface area contributed by atoms with Crippen LogP contribution in [-0.4, -0.2) is 39.1 Å². The summed E-state index contributed by atoms with van der Waals surface area (Å²) in [5.74, 6) is 1.00. The number of guanidine groups is 1. The minimum atomic E-state index is 0.222. The first-order chi connectivity index (χ1) is 14.6. The smallest absolute Gasteiger partial charge is 0.227 e.